The second-order valence-electron chi connectivity index (χ2n) is 0.0680. The van der Waals surface area contributed by atoms with Gasteiger partial charge in [0, 0.05) is 0 Å². The lowest BCUT2D eigenvalue weighted by atomic mass is 15.9. The van der Waals surface area contributed by atoms with E-state index in [1.165, 1.54) is 0 Å². The van der Waals surface area contributed by atoms with Gasteiger partial charge in [0.1, 0.15) is 0 Å². The molecule has 0 aliphatic carbocycles. The van der Waals surface area contributed by atoms with E-state index in [2.05, 4.69) is 0 Å². The van der Waals surface area contributed by atoms with E-state index in [0.29, 0.717) is 0 Å². The molecule has 0 rings (SSSR count). The molecule has 0 bridgehead atoms. The van der Waals surface area contributed by atoms with Gasteiger partial charge in [0.15, 0.2) is 0 Å². The molecule has 0 amide bonds. The van der Waals surface area contributed by atoms with Crippen molar-refractivity contribution in [3.63, 3.8) is 0 Å². The molecule has 0 atom stereocenters. The fraction of sp³-hybridized carbons (Fsp3) is 0. The van der Waals surface area contributed by atoms with Crippen LogP contribution in [0.4, 0.5) is 0 Å². The van der Waals surface area contributed by atoms with Crippen LogP contribution < -0.4 is 0 Å². The van der Waals surface area contributed by atoms with Crippen molar-refractivity contribution >= 4 is 24.0 Å². The van der Waals surface area contributed by atoms with E-state index in [9.17, 15) is 0 Å². The molecule has 0 aliphatic rings. The van der Waals surface area contributed by atoms with E-state index in [1.807, 2.05) is 0 Å². The lowest BCUT2D eigenvalue weighted by Crippen LogP contribution is -1.18. The topological polar surface area (TPSA) is 65.6 Å². The maximum atomic E-state index is 8.29. The van der Waals surface area contributed by atoms with Gasteiger partial charge in [0.2, 0.25) is 0 Å². The van der Waals surface area contributed by atoms with Crippen LogP contribution in [-0.2, 0) is 11.6 Å². The Morgan fingerprint density at radius 3 is 1.20 bits per heavy atom. The van der Waals surface area contributed by atoms with Crippen LogP contribution in [0.2, 0.25) is 0 Å². The molecule has 0 aromatic heterocycles. The van der Waals surface area contributed by atoms with Gasteiger partial charge in [-0.15, -0.1) is 12.4 Å². The van der Waals surface area contributed by atoms with E-state index >= 15 is 0 Å². The molecule has 0 spiro atoms. The third-order valence-electron chi connectivity index (χ3n) is 0. The molecular weight excluding hydrogens is 116 g/mol. The molecule has 0 heterocycles. The van der Waals surface area contributed by atoms with E-state index in [4.69, 9.17) is 8.42 Å². The molecule has 0 aromatic carbocycles. The zero-order valence-electron chi connectivity index (χ0n) is 2.13. The summed E-state index contributed by atoms with van der Waals surface area (Å²) in [7, 11) is 0. The fourth-order valence-corrected chi connectivity index (χ4v) is 0. The molecule has 3 nitrogen and oxygen atoms in total. The third-order valence-corrected chi connectivity index (χ3v) is 0. The molecule has 0 saturated carbocycles. The highest BCUT2D eigenvalue weighted by Gasteiger charge is 1.12. The molecule has 2 N–H and O–H groups in total. The lowest BCUT2D eigenvalue weighted by molar-refractivity contribution is 0.630. The van der Waals surface area contributed by atoms with Crippen molar-refractivity contribution in [2.24, 2.45) is 0 Å². The van der Waals surface area contributed by atoms with Crippen LogP contribution in [0.3, 0.4) is 0 Å². The van der Waals surface area contributed by atoms with Gasteiger partial charge in [0.05, 0.1) is 0 Å². The number of hydrogen-bond donors (Lipinski definition) is 0. The average Bonchev–Trinajstić information content (AvgIpc) is 0.918. The highest BCUT2D eigenvalue weighted by molar-refractivity contribution is 7.51. The lowest BCUT2D eigenvalue weighted by Gasteiger charge is -0.947. The van der Waals surface area contributed by atoms with Gasteiger partial charge >= 0.3 is 11.6 Å². The minimum absolute atomic E-state index is 0. The Bertz CT molecular complexity index is 27.9. The van der Waals surface area contributed by atoms with Crippen LogP contribution in [0.1, 0.15) is 0 Å². The van der Waals surface area contributed by atoms with E-state index in [-0.39, 0.29) is 17.9 Å². The Morgan fingerprint density at radius 2 is 1.20 bits per heavy atom. The monoisotopic (exact) mass is 118 g/mol. The first-order valence-corrected chi connectivity index (χ1v) is 1.00. The van der Waals surface area contributed by atoms with E-state index < -0.39 is 11.6 Å². The first-order chi connectivity index (χ1) is 1.41. The predicted molar refractivity (Wildman–Crippen MR) is 19.8 cm³/mol. The summed E-state index contributed by atoms with van der Waals surface area (Å²) >= 11 is -0.750. The predicted octanol–water partition coefficient (Wildman–Crippen LogP) is -1.07. The minimum Gasteiger partial charge on any atom is -0.412 e. The van der Waals surface area contributed by atoms with Crippen LogP contribution in [0, 0.1) is 0 Å². The van der Waals surface area contributed by atoms with Gasteiger partial charge < -0.3 is 5.48 Å². The van der Waals surface area contributed by atoms with E-state index in [0.717, 1.165) is 0 Å². The fourth-order valence-electron chi connectivity index (χ4n) is 0. The van der Waals surface area contributed by atoms with Gasteiger partial charge in [0.25, 0.3) is 0 Å². The third kappa shape index (κ3) is 3560. The Labute approximate surface area is 38.7 Å². The summed E-state index contributed by atoms with van der Waals surface area (Å²) < 4.78 is 16.6. The zero-order chi connectivity index (χ0) is 2.71. The van der Waals surface area contributed by atoms with Crippen LogP contribution in [-0.4, -0.2) is 13.9 Å². The smallest absolute Gasteiger partial charge is 0.335 e. The maximum Gasteiger partial charge on any atom is 0.335 e. The van der Waals surface area contributed by atoms with Crippen molar-refractivity contribution < 1.29 is 13.9 Å². The van der Waals surface area contributed by atoms with Crippen LogP contribution >= 0.6 is 12.4 Å². The summed E-state index contributed by atoms with van der Waals surface area (Å²) in [6.07, 6.45) is 0. The van der Waals surface area contributed by atoms with Crippen molar-refractivity contribution in [3.8, 4) is 0 Å². The van der Waals surface area contributed by atoms with Crippen molar-refractivity contribution in [1.29, 1.82) is 0 Å². The van der Waals surface area contributed by atoms with Crippen molar-refractivity contribution in [2.75, 3.05) is 0 Å². The van der Waals surface area contributed by atoms with Gasteiger partial charge in [-0.2, -0.15) is 8.42 Å². The minimum atomic E-state index is -0.750. The van der Waals surface area contributed by atoms with Crippen LogP contribution in [0.15, 0.2) is 0 Å². The molecule has 0 unspecified atom stereocenters. The molecule has 0 saturated heterocycles. The molecule has 5 heteroatoms. The summed E-state index contributed by atoms with van der Waals surface area (Å²) in [5, 5.41) is 0. The molecule has 34 valence electrons. The number of rotatable bonds is 0. The quantitative estimate of drug-likeness (QED) is 0.406. The average molecular weight is 119 g/mol. The van der Waals surface area contributed by atoms with E-state index in [1.54, 1.807) is 0 Å². The molecule has 0 radical (unpaired) electrons. The molecule has 0 fully saturated rings. The molecular formula is H3ClO3S. The largest absolute Gasteiger partial charge is 0.412 e. The SMILES string of the molecule is Cl.O.O=S=O. The van der Waals surface area contributed by atoms with Gasteiger partial charge in [-0.05, 0) is 0 Å². The second-order valence-corrected chi connectivity index (χ2v) is 0.204. The highest BCUT2D eigenvalue weighted by Crippen LogP contribution is 0.846. The Morgan fingerprint density at radius 1 is 1.20 bits per heavy atom. The number of halogens is 1. The van der Waals surface area contributed by atoms with Crippen LogP contribution in [0.25, 0.3) is 0 Å². The standard InChI is InChI=1S/ClH.O2S.H2O/c;1-3-2;/h1H;;1H2. The maximum absolute atomic E-state index is 8.29. The first-order valence-electron chi connectivity index (χ1n) is 0.333. The normalized spacial score (nSPS) is 2.40. The van der Waals surface area contributed by atoms with Crippen molar-refractivity contribution in [2.45, 2.75) is 0 Å². The van der Waals surface area contributed by atoms with Crippen molar-refractivity contribution in [3.05, 3.63) is 0 Å². The van der Waals surface area contributed by atoms with Gasteiger partial charge in [-0.25, -0.2) is 0 Å². The Balaban J connectivity index is -0.0000000200. The molecule has 5 heavy (non-hydrogen) atoms. The molecule has 0 aromatic rings. The Hall–Kier alpha value is 0.0700. The Kier molecular flexibility index (Phi) is 131. The number of hydrogen-bond acceptors (Lipinski definition) is 2. The summed E-state index contributed by atoms with van der Waals surface area (Å²) in [4.78, 5) is 0. The van der Waals surface area contributed by atoms with Gasteiger partial charge in [-0.3, -0.25) is 0 Å². The first kappa shape index (κ1) is 19.6. The van der Waals surface area contributed by atoms with Crippen molar-refractivity contribution in [1.82, 2.24) is 0 Å². The highest BCUT2D eigenvalue weighted by atomic mass is 35.5. The molecule has 0 aliphatic heterocycles. The zero-order valence-corrected chi connectivity index (χ0v) is 3.77. The van der Waals surface area contributed by atoms with Crippen LogP contribution in [0.5, 0.6) is 0 Å². The second kappa shape index (κ2) is 33.5. The summed E-state index contributed by atoms with van der Waals surface area (Å²) in [5.74, 6) is 0. The van der Waals surface area contributed by atoms with Gasteiger partial charge in [-0.1, -0.05) is 0 Å². The summed E-state index contributed by atoms with van der Waals surface area (Å²) in [6.45, 7) is 0. The summed E-state index contributed by atoms with van der Waals surface area (Å²) in [6, 6.07) is 0. The summed E-state index contributed by atoms with van der Waals surface area (Å²) in [5.41, 5.74) is 0.